The highest BCUT2D eigenvalue weighted by molar-refractivity contribution is 5.79. The van der Waals surface area contributed by atoms with Crippen LogP contribution in [0.1, 0.15) is 29.5 Å². The molecule has 2 nitrogen and oxygen atoms in total. The summed E-state index contributed by atoms with van der Waals surface area (Å²) in [5.41, 5.74) is -3.09. The summed E-state index contributed by atoms with van der Waals surface area (Å²) in [6.45, 7) is 0. The van der Waals surface area contributed by atoms with Crippen LogP contribution in [0.2, 0.25) is 0 Å². The molecule has 2 rings (SSSR count). The average Bonchev–Trinajstić information content (AvgIpc) is 2.80. The molecule has 1 amide bonds. The van der Waals surface area contributed by atoms with E-state index in [0.29, 0.717) is 12.5 Å². The number of halogens is 6. The summed E-state index contributed by atoms with van der Waals surface area (Å²) >= 11 is 0. The molecule has 120 valence electrons. The Kier molecular flexibility index (Phi) is 4.21. The van der Waals surface area contributed by atoms with Gasteiger partial charge in [0.2, 0.25) is 5.91 Å². The minimum absolute atomic E-state index is 0.0902. The summed E-state index contributed by atoms with van der Waals surface area (Å²) in [5.74, 6) is -0.210. The first kappa shape index (κ1) is 16.4. The van der Waals surface area contributed by atoms with Gasteiger partial charge >= 0.3 is 12.4 Å². The Morgan fingerprint density at radius 1 is 1.09 bits per heavy atom. The standard InChI is InChI=1S/C14H11F6NO/c15-13(16,17)9-3-1-8(11(7-9)14(18,19)20)2-4-10-5-6-12(22)21-10/h1-4,7,10H,5-6H2,(H,21,22)/b4-2+/t10-/m0/s1. The number of alkyl halides is 6. The molecule has 0 aliphatic carbocycles. The van der Waals surface area contributed by atoms with Gasteiger partial charge in [-0.15, -0.1) is 0 Å². The van der Waals surface area contributed by atoms with Crippen molar-refractivity contribution >= 4 is 12.0 Å². The molecule has 1 fully saturated rings. The Labute approximate surface area is 121 Å². The van der Waals surface area contributed by atoms with Gasteiger partial charge in [0.05, 0.1) is 11.1 Å². The molecule has 0 aromatic heterocycles. The van der Waals surface area contributed by atoms with Crippen LogP contribution in [-0.2, 0) is 17.1 Å². The van der Waals surface area contributed by atoms with Gasteiger partial charge in [-0.1, -0.05) is 18.2 Å². The van der Waals surface area contributed by atoms with Gasteiger partial charge in [-0.2, -0.15) is 26.3 Å². The summed E-state index contributed by atoms with van der Waals surface area (Å²) in [6.07, 6.45) is -6.60. The predicted octanol–water partition coefficient (Wildman–Crippen LogP) is 4.02. The van der Waals surface area contributed by atoms with E-state index >= 15 is 0 Å². The number of benzene rings is 1. The van der Waals surface area contributed by atoms with E-state index in [0.717, 1.165) is 12.1 Å². The Morgan fingerprint density at radius 2 is 1.77 bits per heavy atom. The Morgan fingerprint density at radius 3 is 2.27 bits per heavy atom. The van der Waals surface area contributed by atoms with Crippen molar-refractivity contribution in [1.29, 1.82) is 0 Å². The average molecular weight is 323 g/mol. The van der Waals surface area contributed by atoms with E-state index in [4.69, 9.17) is 0 Å². The minimum Gasteiger partial charge on any atom is -0.350 e. The van der Waals surface area contributed by atoms with Crippen LogP contribution in [0, 0.1) is 0 Å². The van der Waals surface area contributed by atoms with Gasteiger partial charge in [0.25, 0.3) is 0 Å². The molecule has 1 N–H and O–H groups in total. The fraction of sp³-hybridized carbons (Fsp3) is 0.357. The highest BCUT2D eigenvalue weighted by Gasteiger charge is 2.37. The van der Waals surface area contributed by atoms with Crippen LogP contribution in [0.4, 0.5) is 26.3 Å². The van der Waals surface area contributed by atoms with Crippen molar-refractivity contribution in [2.75, 3.05) is 0 Å². The molecule has 0 spiro atoms. The zero-order chi connectivity index (χ0) is 16.5. The lowest BCUT2D eigenvalue weighted by Gasteiger charge is -2.14. The molecule has 1 aliphatic heterocycles. The van der Waals surface area contributed by atoms with E-state index in [1.165, 1.54) is 6.08 Å². The van der Waals surface area contributed by atoms with E-state index in [-0.39, 0.29) is 24.0 Å². The smallest absolute Gasteiger partial charge is 0.350 e. The largest absolute Gasteiger partial charge is 0.417 e. The van der Waals surface area contributed by atoms with Gasteiger partial charge < -0.3 is 5.32 Å². The molecule has 8 heteroatoms. The molecular weight excluding hydrogens is 312 g/mol. The van der Waals surface area contributed by atoms with Gasteiger partial charge in [-0.25, -0.2) is 0 Å². The van der Waals surface area contributed by atoms with Crippen molar-refractivity contribution in [3.63, 3.8) is 0 Å². The van der Waals surface area contributed by atoms with Gasteiger partial charge in [-0.3, -0.25) is 4.79 Å². The quantitative estimate of drug-likeness (QED) is 0.819. The molecule has 1 aromatic rings. The van der Waals surface area contributed by atoms with Gasteiger partial charge in [0.1, 0.15) is 0 Å². The second kappa shape index (κ2) is 5.66. The third-order valence-electron chi connectivity index (χ3n) is 3.22. The highest BCUT2D eigenvalue weighted by Crippen LogP contribution is 2.37. The van der Waals surface area contributed by atoms with Crippen LogP contribution in [0.15, 0.2) is 24.3 Å². The van der Waals surface area contributed by atoms with Crippen LogP contribution < -0.4 is 5.32 Å². The maximum Gasteiger partial charge on any atom is 0.417 e. The predicted molar refractivity (Wildman–Crippen MR) is 66.6 cm³/mol. The molecule has 1 aromatic carbocycles. The number of hydrogen-bond donors (Lipinski definition) is 1. The van der Waals surface area contributed by atoms with Crippen LogP contribution in [0.5, 0.6) is 0 Å². The molecule has 0 unspecified atom stereocenters. The maximum atomic E-state index is 12.9. The number of rotatable bonds is 2. The highest BCUT2D eigenvalue weighted by atomic mass is 19.4. The number of amides is 1. The van der Waals surface area contributed by atoms with E-state index in [2.05, 4.69) is 5.32 Å². The zero-order valence-corrected chi connectivity index (χ0v) is 11.1. The lowest BCUT2D eigenvalue weighted by Crippen LogP contribution is -2.22. The van der Waals surface area contributed by atoms with Crippen LogP contribution in [0.25, 0.3) is 6.08 Å². The first-order chi connectivity index (χ1) is 10.1. The monoisotopic (exact) mass is 323 g/mol. The van der Waals surface area contributed by atoms with Crippen LogP contribution in [-0.4, -0.2) is 11.9 Å². The van der Waals surface area contributed by atoms with E-state index in [1.807, 2.05) is 0 Å². The molecular formula is C14H11F6NO. The summed E-state index contributed by atoms with van der Waals surface area (Å²) in [7, 11) is 0. The maximum absolute atomic E-state index is 12.9. The summed E-state index contributed by atoms with van der Waals surface area (Å²) in [6, 6.07) is 1.06. The van der Waals surface area contributed by atoms with Crippen molar-refractivity contribution in [2.45, 2.75) is 31.2 Å². The third-order valence-corrected chi connectivity index (χ3v) is 3.22. The van der Waals surface area contributed by atoms with Crippen molar-refractivity contribution in [3.05, 3.63) is 41.0 Å². The van der Waals surface area contributed by atoms with E-state index in [1.54, 1.807) is 0 Å². The van der Waals surface area contributed by atoms with Gasteiger partial charge in [-0.05, 0) is 24.1 Å². The molecule has 1 atom stereocenters. The number of carbonyl (C=O) groups is 1. The first-order valence-electron chi connectivity index (χ1n) is 6.33. The van der Waals surface area contributed by atoms with Crippen molar-refractivity contribution in [2.24, 2.45) is 0 Å². The van der Waals surface area contributed by atoms with E-state index < -0.39 is 29.5 Å². The molecule has 0 radical (unpaired) electrons. The summed E-state index contributed by atoms with van der Waals surface area (Å²) < 4.78 is 76.3. The summed E-state index contributed by atoms with van der Waals surface area (Å²) in [4.78, 5) is 11.0. The SMILES string of the molecule is O=C1CC[C@H](/C=C/c2ccc(C(F)(F)F)cc2C(F)(F)F)N1. The second-order valence-electron chi connectivity index (χ2n) is 4.87. The number of nitrogens with one attached hydrogen (secondary N) is 1. The normalized spacial score (nSPS) is 19.7. The van der Waals surface area contributed by atoms with Crippen molar-refractivity contribution in [3.8, 4) is 0 Å². The fourth-order valence-corrected chi connectivity index (χ4v) is 2.13. The molecule has 1 aliphatic rings. The molecule has 0 saturated carbocycles. The molecule has 1 saturated heterocycles. The minimum atomic E-state index is -4.90. The molecule has 0 bridgehead atoms. The van der Waals surface area contributed by atoms with Gasteiger partial charge in [0, 0.05) is 12.5 Å². The topological polar surface area (TPSA) is 29.1 Å². The Hall–Kier alpha value is -1.99. The van der Waals surface area contributed by atoms with Crippen molar-refractivity contribution in [1.82, 2.24) is 5.32 Å². The zero-order valence-electron chi connectivity index (χ0n) is 11.1. The van der Waals surface area contributed by atoms with E-state index in [9.17, 15) is 31.1 Å². The third kappa shape index (κ3) is 3.80. The fourth-order valence-electron chi connectivity index (χ4n) is 2.13. The van der Waals surface area contributed by atoms with Gasteiger partial charge in [0.15, 0.2) is 0 Å². The Bertz CT molecular complexity index is 602. The first-order valence-corrected chi connectivity index (χ1v) is 6.33. The number of hydrogen-bond acceptors (Lipinski definition) is 1. The van der Waals surface area contributed by atoms with Crippen LogP contribution >= 0.6 is 0 Å². The summed E-state index contributed by atoms with van der Waals surface area (Å²) in [5, 5.41) is 2.53. The second-order valence-corrected chi connectivity index (χ2v) is 4.87. The van der Waals surface area contributed by atoms with Crippen molar-refractivity contribution < 1.29 is 31.1 Å². The Balaban J connectivity index is 2.34. The van der Waals surface area contributed by atoms with Crippen LogP contribution in [0.3, 0.4) is 0 Å². The molecule has 22 heavy (non-hydrogen) atoms. The molecule has 1 heterocycles. The number of carbonyl (C=O) groups excluding carboxylic acids is 1. The lowest BCUT2D eigenvalue weighted by atomic mass is 10.0. The lowest BCUT2D eigenvalue weighted by molar-refractivity contribution is -0.143.